The minimum Gasteiger partial charge on any atom is -0.481 e. The first-order valence-corrected chi connectivity index (χ1v) is 5.45. The van der Waals surface area contributed by atoms with Crippen LogP contribution in [0.25, 0.3) is 0 Å². The van der Waals surface area contributed by atoms with Gasteiger partial charge in [0.2, 0.25) is 0 Å². The number of carbonyl (C=O) groups excluding carboxylic acids is 1. The van der Waals surface area contributed by atoms with Gasteiger partial charge in [0.05, 0.1) is 6.42 Å². The van der Waals surface area contributed by atoms with Gasteiger partial charge in [-0.05, 0) is 13.3 Å². The summed E-state index contributed by atoms with van der Waals surface area (Å²) in [5.74, 6) is -3.64. The molecule has 0 aromatic carbocycles. The van der Waals surface area contributed by atoms with Crippen molar-refractivity contribution >= 4 is 23.9 Å². The molecular formula is C10H16N2O7. The van der Waals surface area contributed by atoms with E-state index < -0.39 is 42.4 Å². The number of carboxylic acids is 3. The quantitative estimate of drug-likeness (QED) is 0.399. The predicted molar refractivity (Wildman–Crippen MR) is 61.7 cm³/mol. The highest BCUT2D eigenvalue weighted by atomic mass is 16.4. The van der Waals surface area contributed by atoms with Crippen molar-refractivity contribution in [1.82, 2.24) is 10.6 Å². The lowest BCUT2D eigenvalue weighted by Crippen LogP contribution is -2.48. The molecular weight excluding hydrogens is 260 g/mol. The predicted octanol–water partition coefficient (Wildman–Crippen LogP) is -0.533. The van der Waals surface area contributed by atoms with Crippen molar-refractivity contribution in [2.75, 3.05) is 0 Å². The zero-order chi connectivity index (χ0) is 15.0. The third-order valence-electron chi connectivity index (χ3n) is 2.11. The molecule has 0 aliphatic carbocycles. The van der Waals surface area contributed by atoms with E-state index in [1.165, 1.54) is 6.92 Å². The molecule has 0 saturated heterocycles. The number of amides is 2. The smallest absolute Gasteiger partial charge is 0.326 e. The Kier molecular flexibility index (Phi) is 6.94. The summed E-state index contributed by atoms with van der Waals surface area (Å²) in [6, 6.07) is -2.87. The molecule has 0 bridgehead atoms. The maximum absolute atomic E-state index is 11.4. The summed E-state index contributed by atoms with van der Waals surface area (Å²) < 4.78 is 0. The fourth-order valence-electron chi connectivity index (χ4n) is 1.26. The van der Waals surface area contributed by atoms with E-state index in [1.807, 2.05) is 0 Å². The highest BCUT2D eigenvalue weighted by molar-refractivity contribution is 5.83. The van der Waals surface area contributed by atoms with Gasteiger partial charge >= 0.3 is 23.9 Å². The molecule has 0 saturated carbocycles. The Bertz CT molecular complexity index is 369. The summed E-state index contributed by atoms with van der Waals surface area (Å²) in [5.41, 5.74) is 0. The Morgan fingerprint density at radius 3 is 2.00 bits per heavy atom. The highest BCUT2D eigenvalue weighted by Crippen LogP contribution is 1.98. The van der Waals surface area contributed by atoms with Crippen LogP contribution in [0.15, 0.2) is 0 Å². The Labute approximate surface area is 108 Å². The summed E-state index contributed by atoms with van der Waals surface area (Å²) >= 11 is 0. The zero-order valence-corrected chi connectivity index (χ0v) is 10.3. The van der Waals surface area contributed by atoms with Crippen molar-refractivity contribution in [3.05, 3.63) is 0 Å². The van der Waals surface area contributed by atoms with Gasteiger partial charge in [0, 0.05) is 12.5 Å². The summed E-state index contributed by atoms with van der Waals surface area (Å²) in [6.45, 7) is 1.45. The lowest BCUT2D eigenvalue weighted by molar-refractivity contribution is -0.141. The van der Waals surface area contributed by atoms with Gasteiger partial charge in [-0.15, -0.1) is 0 Å². The fourth-order valence-corrected chi connectivity index (χ4v) is 1.26. The van der Waals surface area contributed by atoms with Crippen LogP contribution in [0.3, 0.4) is 0 Å². The summed E-state index contributed by atoms with van der Waals surface area (Å²) in [5, 5.41) is 30.0. The van der Waals surface area contributed by atoms with Crippen LogP contribution >= 0.6 is 0 Å². The molecule has 0 aliphatic rings. The van der Waals surface area contributed by atoms with Crippen LogP contribution in [0.4, 0.5) is 4.79 Å². The SMILES string of the molecule is CC(CC(=O)O)NC(=O)N[C@@H](CCC(=O)O)C(=O)O. The lowest BCUT2D eigenvalue weighted by Gasteiger charge is -2.16. The molecule has 0 aromatic heterocycles. The van der Waals surface area contributed by atoms with Gasteiger partial charge in [-0.3, -0.25) is 9.59 Å². The number of carboxylic acid groups (broad SMARTS) is 3. The minimum absolute atomic E-state index is 0.259. The molecule has 0 rings (SSSR count). The van der Waals surface area contributed by atoms with E-state index in [2.05, 4.69) is 10.6 Å². The molecule has 1 unspecified atom stereocenters. The number of nitrogens with one attached hydrogen (secondary N) is 2. The molecule has 0 aliphatic heterocycles. The maximum Gasteiger partial charge on any atom is 0.326 e. The number of carbonyl (C=O) groups is 4. The van der Waals surface area contributed by atoms with Gasteiger partial charge in [-0.1, -0.05) is 0 Å². The molecule has 9 nitrogen and oxygen atoms in total. The van der Waals surface area contributed by atoms with Crippen LogP contribution < -0.4 is 10.6 Å². The van der Waals surface area contributed by atoms with E-state index >= 15 is 0 Å². The second kappa shape index (κ2) is 7.90. The van der Waals surface area contributed by atoms with Gasteiger partial charge in [-0.2, -0.15) is 0 Å². The summed E-state index contributed by atoms with van der Waals surface area (Å²) in [6.07, 6.45) is -0.965. The molecule has 2 amide bonds. The fraction of sp³-hybridized carbons (Fsp3) is 0.600. The van der Waals surface area contributed by atoms with E-state index in [0.717, 1.165) is 0 Å². The van der Waals surface area contributed by atoms with Crippen molar-refractivity contribution in [1.29, 1.82) is 0 Å². The topological polar surface area (TPSA) is 153 Å². The van der Waals surface area contributed by atoms with E-state index in [-0.39, 0.29) is 12.8 Å². The minimum atomic E-state index is -1.36. The molecule has 2 atom stereocenters. The highest BCUT2D eigenvalue weighted by Gasteiger charge is 2.21. The summed E-state index contributed by atoms with van der Waals surface area (Å²) in [4.78, 5) is 42.8. The molecule has 0 radical (unpaired) electrons. The summed E-state index contributed by atoms with van der Waals surface area (Å²) in [7, 11) is 0. The molecule has 108 valence electrons. The van der Waals surface area contributed by atoms with Crippen molar-refractivity contribution in [3.8, 4) is 0 Å². The van der Waals surface area contributed by atoms with Crippen molar-refractivity contribution in [3.63, 3.8) is 0 Å². The van der Waals surface area contributed by atoms with Crippen LogP contribution in [-0.2, 0) is 14.4 Å². The van der Waals surface area contributed by atoms with Gasteiger partial charge in [0.25, 0.3) is 0 Å². The van der Waals surface area contributed by atoms with Gasteiger partial charge in [-0.25, -0.2) is 9.59 Å². The lowest BCUT2D eigenvalue weighted by atomic mass is 10.1. The molecule has 9 heteroatoms. The Morgan fingerprint density at radius 2 is 1.58 bits per heavy atom. The second-order valence-electron chi connectivity index (χ2n) is 3.94. The molecule has 5 N–H and O–H groups in total. The zero-order valence-electron chi connectivity index (χ0n) is 10.3. The maximum atomic E-state index is 11.4. The normalized spacial score (nSPS) is 13.1. The largest absolute Gasteiger partial charge is 0.481 e. The molecule has 0 aromatic rings. The van der Waals surface area contributed by atoms with Crippen molar-refractivity contribution < 1.29 is 34.5 Å². The van der Waals surface area contributed by atoms with Gasteiger partial charge in [0.1, 0.15) is 6.04 Å². The first-order valence-electron chi connectivity index (χ1n) is 5.45. The van der Waals surface area contributed by atoms with Crippen molar-refractivity contribution in [2.24, 2.45) is 0 Å². The Balaban J connectivity index is 4.27. The monoisotopic (exact) mass is 276 g/mol. The first-order chi connectivity index (χ1) is 8.72. The Morgan fingerprint density at radius 1 is 1.00 bits per heavy atom. The number of hydrogen-bond donors (Lipinski definition) is 5. The van der Waals surface area contributed by atoms with Crippen LogP contribution in [0, 0.1) is 0 Å². The average molecular weight is 276 g/mol. The molecule has 0 heterocycles. The van der Waals surface area contributed by atoms with E-state index in [4.69, 9.17) is 15.3 Å². The van der Waals surface area contributed by atoms with E-state index in [1.54, 1.807) is 0 Å². The number of rotatable bonds is 8. The number of hydrogen-bond acceptors (Lipinski definition) is 4. The van der Waals surface area contributed by atoms with Crippen molar-refractivity contribution in [2.45, 2.75) is 38.3 Å². The average Bonchev–Trinajstić information content (AvgIpc) is 2.21. The van der Waals surface area contributed by atoms with Gasteiger partial charge < -0.3 is 26.0 Å². The van der Waals surface area contributed by atoms with Crippen LogP contribution in [0.1, 0.15) is 26.2 Å². The van der Waals surface area contributed by atoms with Crippen LogP contribution in [0.5, 0.6) is 0 Å². The molecule has 0 spiro atoms. The standard InChI is InChI=1S/C10H16N2O7/c1-5(4-8(15)16)11-10(19)12-6(9(17)18)2-3-7(13)14/h5-6H,2-4H2,1H3,(H,13,14)(H,15,16)(H,17,18)(H2,11,12,19)/t5?,6-/m0/s1. The van der Waals surface area contributed by atoms with E-state index in [9.17, 15) is 19.2 Å². The van der Waals surface area contributed by atoms with Crippen LogP contribution in [-0.4, -0.2) is 51.3 Å². The first kappa shape index (κ1) is 16.7. The van der Waals surface area contributed by atoms with Gasteiger partial charge in [0.15, 0.2) is 0 Å². The van der Waals surface area contributed by atoms with E-state index in [0.29, 0.717) is 0 Å². The second-order valence-corrected chi connectivity index (χ2v) is 3.94. The van der Waals surface area contributed by atoms with Crippen LogP contribution in [0.2, 0.25) is 0 Å². The molecule has 0 fully saturated rings. The number of urea groups is 1. The number of aliphatic carboxylic acids is 3. The Hall–Kier alpha value is -2.32. The molecule has 19 heavy (non-hydrogen) atoms. The third kappa shape index (κ3) is 8.41. The third-order valence-corrected chi connectivity index (χ3v) is 2.11.